The molecule has 1 aliphatic carbocycles. The second kappa shape index (κ2) is 17.2. The molecule has 380 valence electrons. The number of hydrogen-bond acceptors (Lipinski definition) is 4. The van der Waals surface area contributed by atoms with Gasteiger partial charge in [0.05, 0.1) is 57.6 Å². The highest BCUT2D eigenvalue weighted by molar-refractivity contribution is 5.99. The quantitative estimate of drug-likeness (QED) is 0.0752. The van der Waals surface area contributed by atoms with Crippen LogP contribution in [0.15, 0.2) is 24.3 Å². The molecule has 0 amide bonds. The van der Waals surface area contributed by atoms with E-state index in [0.29, 0.717) is 36.4 Å². The Balaban J connectivity index is 1.53. The normalized spacial score (nSPS) is 15.8. The van der Waals surface area contributed by atoms with Gasteiger partial charge < -0.3 is 14.7 Å². The highest BCUT2D eigenvalue weighted by Crippen LogP contribution is 2.67. The summed E-state index contributed by atoms with van der Waals surface area (Å²) in [5.41, 5.74) is -21.2. The van der Waals surface area contributed by atoms with Gasteiger partial charge in [0.15, 0.2) is 93.1 Å². The summed E-state index contributed by atoms with van der Waals surface area (Å²) in [7, 11) is 0. The maximum absolute atomic E-state index is 16.2. The molecular formula is C48H16F20N4O2. The number of carbonyl (C=O) groups is 1. The van der Waals surface area contributed by atoms with Crippen LogP contribution < -0.4 is 0 Å². The van der Waals surface area contributed by atoms with Crippen LogP contribution in [-0.2, 0) is 9.53 Å². The maximum atomic E-state index is 16.2. The highest BCUT2D eigenvalue weighted by atomic mass is 19.2. The van der Waals surface area contributed by atoms with Crippen molar-refractivity contribution in [1.29, 1.82) is 0 Å². The molecule has 5 heterocycles. The Kier molecular flexibility index (Phi) is 11.5. The van der Waals surface area contributed by atoms with Crippen LogP contribution in [0.2, 0.25) is 0 Å². The number of rotatable bonds is 6. The van der Waals surface area contributed by atoms with E-state index in [9.17, 15) is 22.4 Å². The first-order valence-corrected chi connectivity index (χ1v) is 20.7. The molecule has 2 N–H and O–H groups in total. The van der Waals surface area contributed by atoms with E-state index in [1.54, 1.807) is 0 Å². The monoisotopic (exact) mass is 1060 g/mol. The van der Waals surface area contributed by atoms with Crippen molar-refractivity contribution >= 4 is 40.2 Å². The van der Waals surface area contributed by atoms with E-state index in [-0.39, 0.29) is 0 Å². The number of esters is 1. The standard InChI is InChI=1S/C48H16F20N4O2/c1-2-74-48(73)21-19-20(21)47-18(25-32(55)40(63)45(68)41(64)33(25)56)14-8-6-12(71-14)16(23-28(51)36(59)43(66)37(60)29(23)52)10-4-3-9(69-10)15(22-26(49)34(57)42(65)35(58)27(22)50)11-5-7-13(70-11)17(46(19)72-47)24-30(53)38(61)44(67)39(62)31(24)54/h3-8,19-21,70-71H,2H2,1H3/t19-,20+,21?. The number of ether oxygens (including phenoxy) is 1. The second-order valence-electron chi connectivity index (χ2n) is 16.3. The van der Waals surface area contributed by atoms with E-state index in [1.165, 1.54) is 6.92 Å². The van der Waals surface area contributed by atoms with Crippen LogP contribution >= 0.6 is 0 Å². The number of aromatic amines is 2. The summed E-state index contributed by atoms with van der Waals surface area (Å²) in [5, 5.41) is 0. The highest BCUT2D eigenvalue weighted by Gasteiger charge is 2.63. The van der Waals surface area contributed by atoms with Gasteiger partial charge in [0, 0.05) is 56.2 Å². The van der Waals surface area contributed by atoms with Crippen molar-refractivity contribution in [2.75, 3.05) is 6.61 Å². The van der Waals surface area contributed by atoms with Gasteiger partial charge in [-0.3, -0.25) is 9.78 Å². The van der Waals surface area contributed by atoms with Crippen molar-refractivity contribution in [2.24, 2.45) is 5.92 Å². The summed E-state index contributed by atoms with van der Waals surface area (Å²) >= 11 is 0. The number of aromatic nitrogens is 4. The fourth-order valence-electron chi connectivity index (χ4n) is 9.16. The minimum absolute atomic E-state index is 0.484. The smallest absolute Gasteiger partial charge is 0.310 e. The Hall–Kier alpha value is -8.19. The molecule has 2 aliphatic heterocycles. The minimum atomic E-state index is -2.76. The molecule has 1 fully saturated rings. The van der Waals surface area contributed by atoms with E-state index >= 15 is 70.2 Å². The SMILES string of the molecule is CCOC(=O)C1[C@H]2c3nc(c(-c4c(F)c(F)c(F)c(F)c4F)c4ccc([nH]4)c(-c4c(F)c(F)c(F)c(F)c4F)c4nc(c(-c5c(F)c(F)c(F)c(F)c5F)c5ccc([nH]5)c3-c3c(F)c(F)c(F)c(F)c3F)C=C4)[C@@H]12. The lowest BCUT2D eigenvalue weighted by atomic mass is 9.98. The van der Waals surface area contributed by atoms with Crippen molar-refractivity contribution in [3.8, 4) is 44.5 Å². The third kappa shape index (κ3) is 6.84. The number of hydrogen-bond donors (Lipinski definition) is 2. The molecule has 1 unspecified atom stereocenters. The summed E-state index contributed by atoms with van der Waals surface area (Å²) in [6.07, 6.45) is 1.16. The largest absolute Gasteiger partial charge is 0.466 e. The number of carbonyl (C=O) groups excluding carboxylic acids is 1. The van der Waals surface area contributed by atoms with Crippen LogP contribution in [0.1, 0.15) is 41.5 Å². The van der Waals surface area contributed by atoms with E-state index in [2.05, 4.69) is 19.9 Å². The predicted octanol–water partition coefficient (Wildman–Crippen LogP) is 14.0. The van der Waals surface area contributed by atoms with E-state index in [0.717, 1.165) is 0 Å². The molecule has 8 bridgehead atoms. The Labute approximate surface area is 396 Å². The zero-order valence-electron chi connectivity index (χ0n) is 35.7. The van der Waals surface area contributed by atoms with Crippen molar-refractivity contribution < 1.29 is 97.3 Å². The van der Waals surface area contributed by atoms with Crippen LogP contribution in [0.5, 0.6) is 0 Å². The van der Waals surface area contributed by atoms with E-state index < -0.39 is 236 Å². The third-order valence-electron chi connectivity index (χ3n) is 12.4. The minimum Gasteiger partial charge on any atom is -0.466 e. The van der Waals surface area contributed by atoms with Gasteiger partial charge in [0.2, 0.25) is 23.3 Å². The molecule has 0 radical (unpaired) electrons. The van der Waals surface area contributed by atoms with Gasteiger partial charge in [0.25, 0.3) is 0 Å². The summed E-state index contributed by atoms with van der Waals surface area (Å²) in [6.45, 7) is 0.753. The molecule has 1 saturated carbocycles. The first-order valence-electron chi connectivity index (χ1n) is 20.7. The van der Waals surface area contributed by atoms with Gasteiger partial charge in [-0.25, -0.2) is 92.8 Å². The summed E-state index contributed by atoms with van der Waals surface area (Å²) in [5.74, 6) is -60.3. The molecule has 0 spiro atoms. The average Bonchev–Trinajstić information content (AvgIpc) is 3.94. The average molecular weight is 1060 g/mol. The molecule has 6 nitrogen and oxygen atoms in total. The zero-order chi connectivity index (χ0) is 53.6. The molecule has 3 atom stereocenters. The Morgan fingerprint density at radius 3 is 0.892 bits per heavy atom. The topological polar surface area (TPSA) is 83.7 Å². The number of nitrogens with zero attached hydrogens (tertiary/aromatic N) is 2. The van der Waals surface area contributed by atoms with Gasteiger partial charge in [-0.05, 0) is 43.3 Å². The maximum Gasteiger partial charge on any atom is 0.310 e. The lowest BCUT2D eigenvalue weighted by Crippen LogP contribution is -2.12. The molecule has 26 heteroatoms. The molecule has 3 aliphatic rings. The third-order valence-corrected chi connectivity index (χ3v) is 12.4. The second-order valence-corrected chi connectivity index (χ2v) is 16.3. The number of halogens is 20. The van der Waals surface area contributed by atoms with Crippen LogP contribution in [0.4, 0.5) is 87.8 Å². The lowest BCUT2D eigenvalue weighted by molar-refractivity contribution is -0.145. The summed E-state index contributed by atoms with van der Waals surface area (Å²) < 4.78 is 314. The molecule has 3 aromatic heterocycles. The first kappa shape index (κ1) is 49.4. The summed E-state index contributed by atoms with van der Waals surface area (Å²) in [6, 6.07) is 2.41. The molecule has 0 saturated heterocycles. The Bertz CT molecular complexity index is 3590. The Morgan fingerprint density at radius 1 is 0.378 bits per heavy atom. The molecule has 4 aromatic carbocycles. The molecular weight excluding hydrogens is 1040 g/mol. The molecule has 74 heavy (non-hydrogen) atoms. The van der Waals surface area contributed by atoms with Gasteiger partial charge in [-0.2, -0.15) is 0 Å². The van der Waals surface area contributed by atoms with Crippen molar-refractivity contribution in [1.82, 2.24) is 19.9 Å². The van der Waals surface area contributed by atoms with Crippen LogP contribution in [0.25, 0.3) is 78.7 Å². The molecule has 7 aromatic rings. The lowest BCUT2D eigenvalue weighted by Gasteiger charge is -2.14. The number of fused-ring (bicyclic) bond motifs is 11. The van der Waals surface area contributed by atoms with Crippen molar-refractivity contribution in [3.05, 3.63) is 163 Å². The van der Waals surface area contributed by atoms with Gasteiger partial charge >= 0.3 is 5.97 Å². The van der Waals surface area contributed by atoms with Gasteiger partial charge in [-0.15, -0.1) is 0 Å². The van der Waals surface area contributed by atoms with Crippen molar-refractivity contribution in [2.45, 2.75) is 18.8 Å². The predicted molar refractivity (Wildman–Crippen MR) is 216 cm³/mol. The summed E-state index contributed by atoms with van der Waals surface area (Å²) in [4.78, 5) is 26.3. The van der Waals surface area contributed by atoms with Crippen LogP contribution in [-0.4, -0.2) is 32.5 Å². The Morgan fingerprint density at radius 2 is 0.622 bits per heavy atom. The van der Waals surface area contributed by atoms with E-state index in [1.807, 2.05) is 0 Å². The number of benzene rings is 4. The van der Waals surface area contributed by atoms with Crippen LogP contribution in [0.3, 0.4) is 0 Å². The fourth-order valence-corrected chi connectivity index (χ4v) is 9.16. The van der Waals surface area contributed by atoms with Crippen LogP contribution in [0, 0.1) is 122 Å². The zero-order valence-corrected chi connectivity index (χ0v) is 35.7. The van der Waals surface area contributed by atoms with Crippen molar-refractivity contribution in [3.63, 3.8) is 0 Å². The molecule has 10 rings (SSSR count). The number of H-pyrrole nitrogens is 2. The van der Waals surface area contributed by atoms with E-state index in [4.69, 9.17) is 4.74 Å². The first-order chi connectivity index (χ1) is 35.0. The fraction of sp³-hybridized carbons (Fsp3) is 0.104. The van der Waals surface area contributed by atoms with Gasteiger partial charge in [0.1, 0.15) is 0 Å². The van der Waals surface area contributed by atoms with Gasteiger partial charge in [-0.1, -0.05) is 0 Å². The number of nitrogens with one attached hydrogen (secondary N) is 2.